The number of ether oxygens (including phenoxy) is 3. The van der Waals surface area contributed by atoms with Crippen LogP contribution in [0.1, 0.15) is 342 Å². The predicted octanol–water partition coefficient (Wildman–Crippen LogP) is 19.8. The zero-order chi connectivity index (χ0) is 48.1. The Bertz CT molecular complexity index is 996. The molecule has 1 atom stereocenters. The summed E-state index contributed by atoms with van der Waals surface area (Å²) >= 11 is 0. The predicted molar refractivity (Wildman–Crippen MR) is 284 cm³/mol. The standard InChI is InChI=1S/C60H116O6/c1-5-7-9-11-13-15-17-19-24-28-32-36-40-44-48-52-59(62)65-55-57(54-64-58(61)51-47-43-39-35-31-18-16-14-12-10-8-6-2)66-60(63)53-49-45-41-37-33-29-26-23-21-20-22-25-27-30-34-38-42-46-50-56(3)4/h56-57H,5-55H2,1-4H3/t57-/m1/s1. The van der Waals surface area contributed by atoms with Crippen molar-refractivity contribution in [1.29, 1.82) is 0 Å². The molecule has 0 aliphatic rings. The fraction of sp³-hybridized carbons (Fsp3) is 0.950. The van der Waals surface area contributed by atoms with E-state index in [1.54, 1.807) is 0 Å². The van der Waals surface area contributed by atoms with Crippen molar-refractivity contribution in [2.75, 3.05) is 13.2 Å². The first kappa shape index (κ1) is 64.4. The molecule has 0 radical (unpaired) electrons. The monoisotopic (exact) mass is 933 g/mol. The second-order valence-electron chi connectivity index (χ2n) is 21.1. The summed E-state index contributed by atoms with van der Waals surface area (Å²) in [5, 5.41) is 0. The average molecular weight is 934 g/mol. The van der Waals surface area contributed by atoms with Crippen molar-refractivity contribution < 1.29 is 28.6 Å². The fourth-order valence-corrected chi connectivity index (χ4v) is 9.28. The first-order chi connectivity index (χ1) is 32.4. The normalized spacial score (nSPS) is 12.0. The van der Waals surface area contributed by atoms with E-state index in [1.807, 2.05) is 0 Å². The minimum absolute atomic E-state index is 0.0615. The maximum absolute atomic E-state index is 12.9. The van der Waals surface area contributed by atoms with Gasteiger partial charge in [-0.2, -0.15) is 0 Å². The van der Waals surface area contributed by atoms with Crippen LogP contribution < -0.4 is 0 Å². The Morgan fingerprint density at radius 2 is 0.500 bits per heavy atom. The van der Waals surface area contributed by atoms with Crippen LogP contribution in [0.3, 0.4) is 0 Å². The van der Waals surface area contributed by atoms with Crippen LogP contribution in [0.5, 0.6) is 0 Å². The first-order valence-electron chi connectivity index (χ1n) is 29.9. The molecule has 0 saturated heterocycles. The molecule has 6 nitrogen and oxygen atoms in total. The quantitative estimate of drug-likeness (QED) is 0.0343. The van der Waals surface area contributed by atoms with Gasteiger partial charge in [0.05, 0.1) is 0 Å². The molecule has 0 heterocycles. The zero-order valence-corrected chi connectivity index (χ0v) is 45.2. The summed E-state index contributed by atoms with van der Waals surface area (Å²) in [6, 6.07) is 0. The van der Waals surface area contributed by atoms with E-state index in [4.69, 9.17) is 14.2 Å². The SMILES string of the molecule is CCCCCCCCCCCCCCCCCC(=O)OC[C@@H](COC(=O)CCCCCCCCCCCCCC)OC(=O)CCCCCCCCCCCCCCCCCCCCC(C)C. The van der Waals surface area contributed by atoms with Crippen molar-refractivity contribution in [3.8, 4) is 0 Å². The van der Waals surface area contributed by atoms with E-state index in [2.05, 4.69) is 27.7 Å². The van der Waals surface area contributed by atoms with E-state index >= 15 is 0 Å². The zero-order valence-electron chi connectivity index (χ0n) is 45.2. The molecule has 392 valence electrons. The molecule has 0 aromatic rings. The van der Waals surface area contributed by atoms with Crippen LogP contribution in [0.15, 0.2) is 0 Å². The largest absolute Gasteiger partial charge is 0.462 e. The third-order valence-corrected chi connectivity index (χ3v) is 13.8. The number of rotatable bonds is 55. The Labute approximate surface area is 412 Å². The highest BCUT2D eigenvalue weighted by Gasteiger charge is 2.19. The number of unbranched alkanes of at least 4 members (excludes halogenated alkanes) is 42. The number of esters is 3. The Morgan fingerprint density at radius 1 is 0.288 bits per heavy atom. The maximum Gasteiger partial charge on any atom is 0.306 e. The second-order valence-corrected chi connectivity index (χ2v) is 21.1. The Hall–Kier alpha value is -1.59. The molecule has 6 heteroatoms. The van der Waals surface area contributed by atoms with Crippen LogP contribution in [0.2, 0.25) is 0 Å². The van der Waals surface area contributed by atoms with Gasteiger partial charge in [-0.05, 0) is 25.2 Å². The highest BCUT2D eigenvalue weighted by molar-refractivity contribution is 5.71. The van der Waals surface area contributed by atoms with Gasteiger partial charge in [-0.3, -0.25) is 14.4 Å². The summed E-state index contributed by atoms with van der Waals surface area (Å²) in [5.41, 5.74) is 0. The van der Waals surface area contributed by atoms with Gasteiger partial charge in [0.1, 0.15) is 13.2 Å². The topological polar surface area (TPSA) is 78.9 Å². The molecule has 0 fully saturated rings. The van der Waals surface area contributed by atoms with E-state index in [0.29, 0.717) is 19.3 Å². The van der Waals surface area contributed by atoms with Gasteiger partial charge < -0.3 is 14.2 Å². The Morgan fingerprint density at radius 3 is 0.742 bits per heavy atom. The molecule has 0 aromatic carbocycles. The Kier molecular flexibility index (Phi) is 53.0. The van der Waals surface area contributed by atoms with Gasteiger partial charge in [0, 0.05) is 19.3 Å². The fourth-order valence-electron chi connectivity index (χ4n) is 9.28. The smallest absolute Gasteiger partial charge is 0.306 e. The van der Waals surface area contributed by atoms with Crippen LogP contribution >= 0.6 is 0 Å². The van der Waals surface area contributed by atoms with Crippen LogP contribution in [-0.2, 0) is 28.6 Å². The van der Waals surface area contributed by atoms with E-state index in [-0.39, 0.29) is 31.1 Å². The molecule has 0 rings (SSSR count). The third-order valence-electron chi connectivity index (χ3n) is 13.8. The lowest BCUT2D eigenvalue weighted by molar-refractivity contribution is -0.167. The summed E-state index contributed by atoms with van der Waals surface area (Å²) in [6.07, 6.45) is 59.5. The molecule has 0 aliphatic carbocycles. The number of hydrogen-bond donors (Lipinski definition) is 0. The number of carbonyl (C=O) groups is 3. The van der Waals surface area contributed by atoms with Crippen molar-refractivity contribution >= 4 is 17.9 Å². The van der Waals surface area contributed by atoms with Crippen LogP contribution in [-0.4, -0.2) is 37.2 Å². The van der Waals surface area contributed by atoms with Crippen LogP contribution in [0.25, 0.3) is 0 Å². The summed E-state index contributed by atoms with van der Waals surface area (Å²) in [5.74, 6) is 0.0253. The van der Waals surface area contributed by atoms with E-state index in [0.717, 1.165) is 63.7 Å². The molecule has 66 heavy (non-hydrogen) atoms. The van der Waals surface area contributed by atoms with Gasteiger partial charge >= 0.3 is 17.9 Å². The molecule has 0 aromatic heterocycles. The second kappa shape index (κ2) is 54.4. The van der Waals surface area contributed by atoms with Crippen molar-refractivity contribution in [2.24, 2.45) is 5.92 Å². The van der Waals surface area contributed by atoms with Crippen molar-refractivity contribution in [3.05, 3.63) is 0 Å². The lowest BCUT2D eigenvalue weighted by atomic mass is 10.0. The lowest BCUT2D eigenvalue weighted by Gasteiger charge is -2.18. The van der Waals surface area contributed by atoms with E-state index in [1.165, 1.54) is 238 Å². The van der Waals surface area contributed by atoms with Crippen LogP contribution in [0, 0.1) is 5.92 Å². The van der Waals surface area contributed by atoms with Gasteiger partial charge in [0.25, 0.3) is 0 Å². The summed E-state index contributed by atoms with van der Waals surface area (Å²) in [7, 11) is 0. The van der Waals surface area contributed by atoms with Gasteiger partial charge in [-0.1, -0.05) is 304 Å². The molecular weight excluding hydrogens is 817 g/mol. The average Bonchev–Trinajstić information content (AvgIpc) is 3.30. The van der Waals surface area contributed by atoms with Gasteiger partial charge in [0.2, 0.25) is 0 Å². The van der Waals surface area contributed by atoms with E-state index < -0.39 is 6.10 Å². The first-order valence-corrected chi connectivity index (χ1v) is 29.9. The minimum atomic E-state index is -0.761. The number of carbonyl (C=O) groups excluding carboxylic acids is 3. The number of hydrogen-bond acceptors (Lipinski definition) is 6. The highest BCUT2D eigenvalue weighted by atomic mass is 16.6. The third kappa shape index (κ3) is 53.4. The molecule has 0 spiro atoms. The molecule has 0 amide bonds. The van der Waals surface area contributed by atoms with E-state index in [9.17, 15) is 14.4 Å². The highest BCUT2D eigenvalue weighted by Crippen LogP contribution is 2.18. The molecule has 0 aliphatic heterocycles. The van der Waals surface area contributed by atoms with Crippen LogP contribution in [0.4, 0.5) is 0 Å². The molecule has 0 N–H and O–H groups in total. The molecule has 0 bridgehead atoms. The van der Waals surface area contributed by atoms with Gasteiger partial charge in [-0.15, -0.1) is 0 Å². The lowest BCUT2D eigenvalue weighted by Crippen LogP contribution is -2.30. The van der Waals surface area contributed by atoms with Gasteiger partial charge in [0.15, 0.2) is 6.10 Å². The maximum atomic E-state index is 12.9. The summed E-state index contributed by atoms with van der Waals surface area (Å²) in [4.78, 5) is 38.1. The van der Waals surface area contributed by atoms with Crippen molar-refractivity contribution in [2.45, 2.75) is 348 Å². The molecule has 0 saturated carbocycles. The Balaban J connectivity index is 4.24. The molecular formula is C60H116O6. The van der Waals surface area contributed by atoms with Crippen molar-refractivity contribution in [1.82, 2.24) is 0 Å². The van der Waals surface area contributed by atoms with Crippen molar-refractivity contribution in [3.63, 3.8) is 0 Å². The summed E-state index contributed by atoms with van der Waals surface area (Å²) < 4.78 is 16.9. The molecule has 0 unspecified atom stereocenters. The minimum Gasteiger partial charge on any atom is -0.462 e. The van der Waals surface area contributed by atoms with Gasteiger partial charge in [-0.25, -0.2) is 0 Å². The summed E-state index contributed by atoms with van der Waals surface area (Å²) in [6.45, 7) is 9.08.